The van der Waals surface area contributed by atoms with Crippen LogP contribution in [-0.4, -0.2) is 12.6 Å². The Bertz CT molecular complexity index is 317. The highest BCUT2D eigenvalue weighted by Crippen LogP contribution is 2.23. The van der Waals surface area contributed by atoms with Crippen molar-refractivity contribution < 1.29 is 35.1 Å². The van der Waals surface area contributed by atoms with E-state index in [0.29, 0.717) is 0 Å². The molecule has 1 unspecified atom stereocenters. The predicted octanol–water partition coefficient (Wildman–Crippen LogP) is -6.02. The second kappa shape index (κ2) is 7.33. The molecule has 1 aromatic heterocycles. The van der Waals surface area contributed by atoms with E-state index in [1.807, 2.05) is 0 Å². The SMILES string of the molecule is CCC[NH2+]C1CCc2[nH+]c(N)sc2C1.[Cl-].[Cl-]. The summed E-state index contributed by atoms with van der Waals surface area (Å²) in [5.41, 5.74) is 7.14. The van der Waals surface area contributed by atoms with Crippen molar-refractivity contribution in [2.45, 2.75) is 38.6 Å². The Balaban J connectivity index is 0.00000112. The summed E-state index contributed by atoms with van der Waals surface area (Å²) in [6.45, 7) is 3.49. The number of H-pyrrole nitrogens is 1. The van der Waals surface area contributed by atoms with E-state index in [9.17, 15) is 0 Å². The number of nitrogens with one attached hydrogen (secondary N) is 1. The smallest absolute Gasteiger partial charge is 0.329 e. The molecule has 0 saturated heterocycles. The van der Waals surface area contributed by atoms with E-state index in [2.05, 4.69) is 17.2 Å². The quantitative estimate of drug-likeness (QED) is 0.570. The molecule has 5 N–H and O–H groups in total. The lowest BCUT2D eigenvalue weighted by Gasteiger charge is -2.18. The maximum absolute atomic E-state index is 5.76. The van der Waals surface area contributed by atoms with Crippen LogP contribution in [0.3, 0.4) is 0 Å². The summed E-state index contributed by atoms with van der Waals surface area (Å²) >= 11 is 1.73. The number of nitrogen functional groups attached to an aromatic ring is 1. The number of aromatic nitrogens is 1. The highest BCUT2D eigenvalue weighted by atomic mass is 35.5. The standard InChI is InChI=1S/C10H17N3S.2ClH/c1-2-5-12-7-3-4-8-9(6-7)14-10(11)13-8;;/h7,12H,2-6H2,1H3,(H2,11,13);2*1H. The highest BCUT2D eigenvalue weighted by molar-refractivity contribution is 7.15. The van der Waals surface area contributed by atoms with Gasteiger partial charge in [0.25, 0.3) is 0 Å². The number of hydrogen-bond donors (Lipinski definition) is 2. The second-order valence-corrected chi connectivity index (χ2v) is 5.16. The molecule has 1 atom stereocenters. The zero-order valence-corrected chi connectivity index (χ0v) is 11.8. The summed E-state index contributed by atoms with van der Waals surface area (Å²) in [4.78, 5) is 4.73. The maximum Gasteiger partial charge on any atom is 0.329 e. The first-order valence-electron chi connectivity index (χ1n) is 5.42. The van der Waals surface area contributed by atoms with Gasteiger partial charge >= 0.3 is 5.13 Å². The molecule has 3 nitrogen and oxygen atoms in total. The minimum atomic E-state index is 0. The number of quaternary nitrogens is 1. The van der Waals surface area contributed by atoms with Gasteiger partial charge in [-0.05, 0) is 6.42 Å². The number of fused-ring (bicyclic) bond motifs is 1. The lowest BCUT2D eigenvalue weighted by molar-refractivity contribution is -0.690. The number of nitrogens with two attached hydrogens (primary N) is 2. The molecule has 2 rings (SSSR count). The molecule has 1 heterocycles. The summed E-state index contributed by atoms with van der Waals surface area (Å²) in [5.74, 6) is 0. The monoisotopic (exact) mass is 283 g/mol. The van der Waals surface area contributed by atoms with Gasteiger partial charge in [-0.3, -0.25) is 5.73 Å². The molecular weight excluding hydrogens is 265 g/mol. The zero-order chi connectivity index (χ0) is 9.97. The van der Waals surface area contributed by atoms with Gasteiger partial charge in [-0.2, -0.15) is 0 Å². The van der Waals surface area contributed by atoms with E-state index in [1.165, 1.54) is 42.8 Å². The van der Waals surface area contributed by atoms with E-state index in [1.54, 1.807) is 11.3 Å². The van der Waals surface area contributed by atoms with Crippen molar-refractivity contribution in [3.8, 4) is 0 Å². The van der Waals surface area contributed by atoms with E-state index < -0.39 is 0 Å². The molecular formula is C10H19Cl2N3S. The van der Waals surface area contributed by atoms with Gasteiger partial charge in [-0.1, -0.05) is 18.3 Å². The molecule has 0 amide bonds. The Labute approximate surface area is 113 Å². The number of rotatable bonds is 3. The Morgan fingerprint density at radius 1 is 1.50 bits per heavy atom. The fourth-order valence-electron chi connectivity index (χ4n) is 2.08. The normalized spacial score (nSPS) is 18.2. The Morgan fingerprint density at radius 2 is 2.25 bits per heavy atom. The van der Waals surface area contributed by atoms with Gasteiger partial charge in [0, 0.05) is 19.3 Å². The molecule has 0 radical (unpaired) electrons. The molecule has 0 aromatic carbocycles. The van der Waals surface area contributed by atoms with Crippen molar-refractivity contribution in [1.82, 2.24) is 0 Å². The third-order valence-electron chi connectivity index (χ3n) is 2.85. The van der Waals surface area contributed by atoms with Crippen LogP contribution < -0.4 is 40.8 Å². The molecule has 94 valence electrons. The summed E-state index contributed by atoms with van der Waals surface area (Å²) in [6.07, 6.45) is 4.93. The average Bonchev–Trinajstić information content (AvgIpc) is 2.54. The fraction of sp³-hybridized carbons (Fsp3) is 0.700. The largest absolute Gasteiger partial charge is 1.00 e. The molecule has 0 bridgehead atoms. The minimum Gasteiger partial charge on any atom is -1.00 e. The van der Waals surface area contributed by atoms with Crippen LogP contribution in [-0.2, 0) is 12.8 Å². The molecule has 16 heavy (non-hydrogen) atoms. The van der Waals surface area contributed by atoms with E-state index in [0.717, 1.165) is 11.2 Å². The number of hydrogen-bond acceptors (Lipinski definition) is 2. The number of aryl methyl sites for hydroxylation is 1. The van der Waals surface area contributed by atoms with Gasteiger partial charge in [0.2, 0.25) is 0 Å². The number of aromatic amines is 1. The van der Waals surface area contributed by atoms with Gasteiger partial charge in [0.1, 0.15) is 5.69 Å². The molecule has 1 aliphatic rings. The molecule has 1 aliphatic carbocycles. The molecule has 6 heteroatoms. The minimum absolute atomic E-state index is 0. The van der Waals surface area contributed by atoms with E-state index in [4.69, 9.17) is 5.73 Å². The van der Waals surface area contributed by atoms with Crippen molar-refractivity contribution in [1.29, 1.82) is 0 Å². The highest BCUT2D eigenvalue weighted by Gasteiger charge is 2.25. The summed E-state index contributed by atoms with van der Waals surface area (Å²) in [7, 11) is 0. The van der Waals surface area contributed by atoms with E-state index >= 15 is 0 Å². The van der Waals surface area contributed by atoms with Gasteiger partial charge < -0.3 is 30.1 Å². The molecule has 0 saturated carbocycles. The first kappa shape index (κ1) is 16.0. The summed E-state index contributed by atoms with van der Waals surface area (Å²) in [6, 6.07) is 0.786. The maximum atomic E-state index is 5.76. The van der Waals surface area contributed by atoms with Gasteiger partial charge in [0.15, 0.2) is 0 Å². The van der Waals surface area contributed by atoms with Crippen LogP contribution in [0.25, 0.3) is 0 Å². The van der Waals surface area contributed by atoms with Crippen molar-refractivity contribution in [3.63, 3.8) is 0 Å². The first-order chi connectivity index (χ1) is 6.79. The van der Waals surface area contributed by atoms with Crippen molar-refractivity contribution in [3.05, 3.63) is 10.6 Å². The van der Waals surface area contributed by atoms with Crippen LogP contribution in [0.4, 0.5) is 5.13 Å². The van der Waals surface area contributed by atoms with Crippen molar-refractivity contribution in [2.75, 3.05) is 12.3 Å². The summed E-state index contributed by atoms with van der Waals surface area (Å²) in [5, 5.41) is 3.35. The number of thiazole rings is 1. The van der Waals surface area contributed by atoms with Crippen molar-refractivity contribution in [2.24, 2.45) is 0 Å². The Kier molecular flexibility index (Phi) is 7.31. The van der Waals surface area contributed by atoms with Crippen LogP contribution in [0.2, 0.25) is 0 Å². The predicted molar refractivity (Wildman–Crippen MR) is 58.2 cm³/mol. The molecule has 0 fully saturated rings. The molecule has 1 aromatic rings. The molecule has 0 spiro atoms. The third kappa shape index (κ3) is 3.77. The third-order valence-corrected chi connectivity index (χ3v) is 3.83. The van der Waals surface area contributed by atoms with E-state index in [-0.39, 0.29) is 24.8 Å². The Hall–Kier alpha value is -0.0300. The van der Waals surface area contributed by atoms with Gasteiger partial charge in [-0.25, -0.2) is 4.98 Å². The zero-order valence-electron chi connectivity index (χ0n) is 9.43. The van der Waals surface area contributed by atoms with Crippen LogP contribution >= 0.6 is 11.3 Å². The average molecular weight is 284 g/mol. The van der Waals surface area contributed by atoms with Crippen LogP contribution in [0.5, 0.6) is 0 Å². The van der Waals surface area contributed by atoms with Crippen LogP contribution in [0.15, 0.2) is 0 Å². The lowest BCUT2D eigenvalue weighted by Crippen LogP contribution is -3.00. The van der Waals surface area contributed by atoms with Crippen LogP contribution in [0, 0.1) is 0 Å². The number of anilines is 1. The topological polar surface area (TPSA) is 56.8 Å². The molecule has 0 aliphatic heterocycles. The summed E-state index contributed by atoms with van der Waals surface area (Å²) < 4.78 is 0. The van der Waals surface area contributed by atoms with Gasteiger partial charge in [-0.15, -0.1) is 0 Å². The lowest BCUT2D eigenvalue weighted by atomic mass is 9.98. The fourth-order valence-corrected chi connectivity index (χ4v) is 3.09. The van der Waals surface area contributed by atoms with Gasteiger partial charge in [0.05, 0.1) is 17.5 Å². The van der Waals surface area contributed by atoms with Crippen LogP contribution in [0.1, 0.15) is 30.3 Å². The van der Waals surface area contributed by atoms with Crippen molar-refractivity contribution >= 4 is 16.5 Å². The second-order valence-electron chi connectivity index (χ2n) is 4.02. The first-order valence-corrected chi connectivity index (χ1v) is 6.24. The Morgan fingerprint density at radius 3 is 2.94 bits per heavy atom. The number of halogens is 2.